The fraction of sp³-hybridized carbons (Fsp3) is 0.786. The second-order valence-corrected chi connectivity index (χ2v) is 5.43. The summed E-state index contributed by atoms with van der Waals surface area (Å²) in [5, 5.41) is 0. The van der Waals surface area contributed by atoms with Crippen LogP contribution in [0.2, 0.25) is 0 Å². The summed E-state index contributed by atoms with van der Waals surface area (Å²) < 4.78 is 6.07. The highest BCUT2D eigenvalue weighted by molar-refractivity contribution is 5.97. The number of aliphatic imine (C=N–C) groups is 1. The minimum atomic E-state index is 0.233. The summed E-state index contributed by atoms with van der Waals surface area (Å²) in [5.41, 5.74) is 1.58. The molecule has 0 radical (unpaired) electrons. The standard InChI is InChI=1S/C14H21NO/c1-4-9-15-13(5-1)12-6-10-16-14(11-12)7-2-3-8-14/h1,5,12H,2-4,6-11H2/t12-/m1/s1. The molecule has 16 heavy (non-hydrogen) atoms. The van der Waals surface area contributed by atoms with Gasteiger partial charge in [-0.15, -0.1) is 0 Å². The molecule has 88 valence electrons. The topological polar surface area (TPSA) is 21.6 Å². The van der Waals surface area contributed by atoms with Crippen LogP contribution in [0.15, 0.2) is 17.1 Å². The lowest BCUT2D eigenvalue weighted by Crippen LogP contribution is -2.39. The Morgan fingerprint density at radius 2 is 2.19 bits per heavy atom. The summed E-state index contributed by atoms with van der Waals surface area (Å²) in [6.45, 7) is 1.94. The first kappa shape index (κ1) is 10.5. The minimum absolute atomic E-state index is 0.233. The van der Waals surface area contributed by atoms with Gasteiger partial charge in [0.05, 0.1) is 5.60 Å². The Kier molecular flexibility index (Phi) is 2.84. The summed E-state index contributed by atoms with van der Waals surface area (Å²) >= 11 is 0. The largest absolute Gasteiger partial charge is 0.375 e. The van der Waals surface area contributed by atoms with Crippen molar-refractivity contribution in [2.45, 2.75) is 50.5 Å². The Morgan fingerprint density at radius 3 is 2.94 bits per heavy atom. The molecule has 1 saturated heterocycles. The maximum Gasteiger partial charge on any atom is 0.0689 e. The molecule has 0 aromatic rings. The van der Waals surface area contributed by atoms with E-state index in [4.69, 9.17) is 4.74 Å². The third-order valence-corrected chi connectivity index (χ3v) is 4.30. The van der Waals surface area contributed by atoms with Gasteiger partial charge in [-0.2, -0.15) is 0 Å². The van der Waals surface area contributed by atoms with E-state index in [1.54, 1.807) is 0 Å². The molecule has 0 unspecified atom stereocenters. The van der Waals surface area contributed by atoms with Crippen LogP contribution < -0.4 is 0 Å². The fourth-order valence-electron chi connectivity index (χ4n) is 3.44. The van der Waals surface area contributed by atoms with E-state index in [9.17, 15) is 0 Å². The van der Waals surface area contributed by atoms with Crippen molar-refractivity contribution in [2.24, 2.45) is 10.9 Å². The highest BCUT2D eigenvalue weighted by Gasteiger charge is 2.40. The van der Waals surface area contributed by atoms with Crippen molar-refractivity contribution in [3.05, 3.63) is 12.2 Å². The van der Waals surface area contributed by atoms with Gasteiger partial charge in [0.15, 0.2) is 0 Å². The number of ether oxygens (including phenoxy) is 1. The predicted molar refractivity (Wildman–Crippen MR) is 65.9 cm³/mol. The van der Waals surface area contributed by atoms with E-state index in [0.29, 0.717) is 5.92 Å². The Morgan fingerprint density at radius 1 is 1.31 bits per heavy atom. The second kappa shape index (κ2) is 4.33. The van der Waals surface area contributed by atoms with Crippen molar-refractivity contribution in [3.8, 4) is 0 Å². The Hall–Kier alpha value is -0.630. The lowest BCUT2D eigenvalue weighted by atomic mass is 9.81. The van der Waals surface area contributed by atoms with Crippen molar-refractivity contribution < 1.29 is 4.74 Å². The van der Waals surface area contributed by atoms with Crippen LogP contribution in [0.25, 0.3) is 0 Å². The quantitative estimate of drug-likeness (QED) is 0.664. The van der Waals surface area contributed by atoms with Crippen molar-refractivity contribution in [1.82, 2.24) is 0 Å². The first-order valence-electron chi connectivity index (χ1n) is 6.73. The van der Waals surface area contributed by atoms with E-state index in [-0.39, 0.29) is 5.60 Å². The van der Waals surface area contributed by atoms with E-state index < -0.39 is 0 Å². The summed E-state index contributed by atoms with van der Waals surface area (Å²) in [5.74, 6) is 0.670. The van der Waals surface area contributed by atoms with Crippen LogP contribution >= 0.6 is 0 Å². The molecule has 2 fully saturated rings. The first-order chi connectivity index (χ1) is 7.88. The molecular weight excluding hydrogens is 198 g/mol. The third-order valence-electron chi connectivity index (χ3n) is 4.30. The smallest absolute Gasteiger partial charge is 0.0689 e. The van der Waals surface area contributed by atoms with E-state index in [2.05, 4.69) is 17.1 Å². The third kappa shape index (κ3) is 1.95. The molecule has 0 aromatic heterocycles. The van der Waals surface area contributed by atoms with Crippen molar-refractivity contribution in [3.63, 3.8) is 0 Å². The summed E-state index contributed by atoms with van der Waals surface area (Å²) in [7, 11) is 0. The molecule has 2 heterocycles. The van der Waals surface area contributed by atoms with Crippen LogP contribution in [0.4, 0.5) is 0 Å². The normalized spacial score (nSPS) is 33.0. The average molecular weight is 219 g/mol. The molecule has 3 rings (SSSR count). The van der Waals surface area contributed by atoms with Gasteiger partial charge in [0, 0.05) is 24.8 Å². The molecule has 2 aliphatic heterocycles. The molecule has 3 aliphatic rings. The predicted octanol–water partition coefficient (Wildman–Crippen LogP) is 3.13. The van der Waals surface area contributed by atoms with Crippen LogP contribution in [0.1, 0.15) is 44.9 Å². The van der Waals surface area contributed by atoms with Gasteiger partial charge in [-0.25, -0.2) is 0 Å². The number of nitrogens with zero attached hydrogens (tertiary/aromatic N) is 1. The molecule has 2 nitrogen and oxygen atoms in total. The maximum absolute atomic E-state index is 6.07. The van der Waals surface area contributed by atoms with E-state index in [1.807, 2.05) is 0 Å². The van der Waals surface area contributed by atoms with Gasteiger partial charge in [-0.1, -0.05) is 18.9 Å². The Balaban J connectivity index is 1.72. The first-order valence-corrected chi connectivity index (χ1v) is 6.73. The zero-order valence-corrected chi connectivity index (χ0v) is 9.95. The van der Waals surface area contributed by atoms with Crippen LogP contribution in [0.5, 0.6) is 0 Å². The maximum atomic E-state index is 6.07. The molecule has 0 N–H and O–H groups in total. The van der Waals surface area contributed by atoms with Gasteiger partial charge in [0.2, 0.25) is 0 Å². The molecule has 1 aliphatic carbocycles. The molecule has 2 heteroatoms. The van der Waals surface area contributed by atoms with E-state index in [0.717, 1.165) is 19.6 Å². The van der Waals surface area contributed by atoms with Gasteiger partial charge in [0.1, 0.15) is 0 Å². The van der Waals surface area contributed by atoms with E-state index >= 15 is 0 Å². The van der Waals surface area contributed by atoms with Crippen LogP contribution in [-0.2, 0) is 4.74 Å². The fourth-order valence-corrected chi connectivity index (χ4v) is 3.44. The monoisotopic (exact) mass is 219 g/mol. The van der Waals surface area contributed by atoms with Gasteiger partial charge in [-0.3, -0.25) is 4.99 Å². The summed E-state index contributed by atoms with van der Waals surface area (Å²) in [6.07, 6.45) is 13.3. The van der Waals surface area contributed by atoms with Crippen molar-refractivity contribution in [2.75, 3.05) is 13.2 Å². The molecule has 1 spiro atoms. The molecule has 1 atom stereocenters. The minimum Gasteiger partial charge on any atom is -0.375 e. The zero-order valence-electron chi connectivity index (χ0n) is 9.95. The molecule has 0 bridgehead atoms. The number of dihydropyridines is 1. The highest BCUT2D eigenvalue weighted by Crippen LogP contribution is 2.42. The SMILES string of the molecule is C1=CC([C@@H]2CCOC3(CCCC3)C2)=NCC1. The highest BCUT2D eigenvalue weighted by atomic mass is 16.5. The molecule has 0 aromatic carbocycles. The zero-order chi connectivity index (χ0) is 10.8. The molecule has 0 amide bonds. The van der Waals surface area contributed by atoms with Crippen LogP contribution in [0, 0.1) is 5.92 Å². The average Bonchev–Trinajstić information content (AvgIpc) is 2.78. The summed E-state index contributed by atoms with van der Waals surface area (Å²) in [4.78, 5) is 4.68. The summed E-state index contributed by atoms with van der Waals surface area (Å²) in [6, 6.07) is 0. The van der Waals surface area contributed by atoms with Crippen LogP contribution in [-0.4, -0.2) is 24.5 Å². The number of allylic oxidation sites excluding steroid dienone is 1. The Bertz CT molecular complexity index is 313. The lowest BCUT2D eigenvalue weighted by Gasteiger charge is -2.38. The molecule has 1 saturated carbocycles. The van der Waals surface area contributed by atoms with Gasteiger partial charge in [0.25, 0.3) is 0 Å². The second-order valence-electron chi connectivity index (χ2n) is 5.43. The van der Waals surface area contributed by atoms with Gasteiger partial charge in [-0.05, 0) is 38.2 Å². The van der Waals surface area contributed by atoms with Gasteiger partial charge >= 0.3 is 0 Å². The number of hydrogen-bond acceptors (Lipinski definition) is 2. The van der Waals surface area contributed by atoms with E-state index in [1.165, 1.54) is 44.2 Å². The van der Waals surface area contributed by atoms with Crippen molar-refractivity contribution >= 4 is 5.71 Å². The van der Waals surface area contributed by atoms with Crippen LogP contribution in [0.3, 0.4) is 0 Å². The number of rotatable bonds is 1. The number of hydrogen-bond donors (Lipinski definition) is 0. The molecular formula is C14H21NO. The van der Waals surface area contributed by atoms with Crippen molar-refractivity contribution in [1.29, 1.82) is 0 Å². The Labute approximate surface area is 97.8 Å². The van der Waals surface area contributed by atoms with Gasteiger partial charge < -0.3 is 4.74 Å². The lowest BCUT2D eigenvalue weighted by molar-refractivity contribution is -0.0825.